The monoisotopic (exact) mass is 2050 g/mol. The first-order chi connectivity index (χ1) is 72.8. The number of ether oxygens (including phenoxy) is 9. The molecule has 6 aliphatic rings. The maximum atomic E-state index is 15.1. The highest BCUT2D eigenvalue weighted by atomic mass is 19.2. The van der Waals surface area contributed by atoms with Gasteiger partial charge in [0.1, 0.15) is 165 Å². The normalized spacial score (nSPS) is 19.6. The molecule has 10 aromatic carbocycles. The Kier molecular flexibility index (Phi) is 30.3. The molecule has 6 fully saturated rings. The van der Waals surface area contributed by atoms with Gasteiger partial charge in [-0.15, -0.1) is 0 Å². The highest BCUT2D eigenvalue weighted by Gasteiger charge is 2.50. The summed E-state index contributed by atoms with van der Waals surface area (Å²) in [5.74, 6) is -6.65. The average molecular weight is 2050 g/mol. The fraction of sp³-hybridized carbons (Fsp3) is 0.352. The van der Waals surface area contributed by atoms with Gasteiger partial charge < -0.3 is 72.0 Å². The molecule has 16 aromatic rings. The summed E-state index contributed by atoms with van der Waals surface area (Å²) >= 11 is 0. The van der Waals surface area contributed by atoms with Crippen LogP contribution >= 0.6 is 0 Å². The highest BCUT2D eigenvalue weighted by molar-refractivity contribution is 5.73. The van der Waals surface area contributed by atoms with Crippen LogP contribution in [-0.4, -0.2) is 224 Å². The van der Waals surface area contributed by atoms with E-state index < -0.39 is 70.6 Å². The van der Waals surface area contributed by atoms with E-state index >= 15 is 4.39 Å². The standard InChI is InChI=1S/C39H40F2N8O4.C35H38F2N8O4.C34H36F2N8O4/c1-3-27(2)49-38(50)47(26-42-49)31-11-9-29(10-12-31)45-18-20-46(21-19-45)30-13-15-32(16-14-30)51-23-33-24-52-39(53-33,34-17-8-28(40)22-35(34)41)25-48-43-36-6-4-5-7-37(36)44-48;1-25(2)18-45-34(46)44(24-40-45)29-6-4-27(5-7-29)41-13-15-42(16-14-41)28-8-10-30(11-9-28)47-19-31-20-48-35(49-31,21-43-23-38-22-39-43)32-12-3-26(36)17-33(32)37;1-24(2)44-33(45)43(23-39-44)28-6-4-26(5-7-28)40-13-15-41(16-14-40)27-8-10-29(11-9-27)46-18-30-19-47-34(48-30,20-42-22-37-21-38-42)31-12-3-25(35)17-32(31)36/h4-17,22,26-27,33H,3,18-21,23-25H2,1-2H3;3-12,17,22-25,31H,13-16,18-21H2,1-2H3;3-12,17,21-24,30H,13-16,18-20H2,1-2H3. The number of rotatable bonds is 32. The topological polar surface area (TPSA) is 314 Å². The summed E-state index contributed by atoms with van der Waals surface area (Å²) in [4.78, 5) is 61.5. The van der Waals surface area contributed by atoms with Crippen LogP contribution in [0.2, 0.25) is 0 Å². The van der Waals surface area contributed by atoms with Crippen molar-refractivity contribution in [2.24, 2.45) is 5.92 Å². The van der Waals surface area contributed by atoms with Gasteiger partial charge in [0.15, 0.2) is 0 Å². The average Bonchev–Trinajstić information content (AvgIpc) is 1.61. The quantitative estimate of drug-likeness (QED) is 0.0354. The van der Waals surface area contributed by atoms with Gasteiger partial charge in [-0.3, -0.25) is 0 Å². The molecule has 0 aliphatic carbocycles. The summed E-state index contributed by atoms with van der Waals surface area (Å²) in [5.41, 5.74) is 10.2. The Labute approximate surface area is 858 Å². The second kappa shape index (κ2) is 44.7. The van der Waals surface area contributed by atoms with Gasteiger partial charge in [0, 0.05) is 154 Å². The second-order valence-corrected chi connectivity index (χ2v) is 38.2. The van der Waals surface area contributed by atoms with Gasteiger partial charge in [0.25, 0.3) is 0 Å². The fourth-order valence-electron chi connectivity index (χ4n) is 19.3. The van der Waals surface area contributed by atoms with Crippen molar-refractivity contribution < 1.29 is 69.0 Å². The van der Waals surface area contributed by atoms with E-state index in [9.17, 15) is 36.3 Å². The number of anilines is 6. The Bertz CT molecular complexity index is 7390. The molecule has 0 amide bonds. The molecule has 36 nitrogen and oxygen atoms in total. The maximum absolute atomic E-state index is 15.1. The molecule has 0 saturated carbocycles. The molecule has 0 N–H and O–H groups in total. The van der Waals surface area contributed by atoms with Crippen LogP contribution in [0.15, 0.2) is 283 Å². The van der Waals surface area contributed by atoms with Crippen molar-refractivity contribution >= 4 is 45.2 Å². The Balaban J connectivity index is 0.000000136. The lowest BCUT2D eigenvalue weighted by molar-refractivity contribution is -0.194. The summed E-state index contributed by atoms with van der Waals surface area (Å²) in [6, 6.07) is 65.2. The molecule has 0 radical (unpaired) electrons. The van der Waals surface area contributed by atoms with E-state index in [1.807, 2.05) is 173 Å². The molecule has 6 saturated heterocycles. The molecule has 150 heavy (non-hydrogen) atoms. The van der Waals surface area contributed by atoms with Crippen molar-refractivity contribution in [1.82, 2.24) is 87.6 Å². The molecule has 0 spiro atoms. The Morgan fingerprint density at radius 2 is 0.660 bits per heavy atom. The molecule has 780 valence electrons. The smallest absolute Gasteiger partial charge is 0.350 e. The molecular weight excluding hydrogens is 1940 g/mol. The molecule has 12 heterocycles. The molecule has 6 aliphatic heterocycles. The minimum atomic E-state index is -1.58. The second-order valence-electron chi connectivity index (χ2n) is 38.2. The minimum Gasteiger partial charge on any atom is -0.491 e. The van der Waals surface area contributed by atoms with Gasteiger partial charge in [-0.05, 0) is 227 Å². The van der Waals surface area contributed by atoms with Crippen LogP contribution < -0.4 is 60.7 Å². The zero-order valence-corrected chi connectivity index (χ0v) is 83.5. The van der Waals surface area contributed by atoms with Crippen LogP contribution in [0.1, 0.15) is 76.7 Å². The Hall–Kier alpha value is -15.8. The SMILES string of the molecule is CC(C)Cn1ncn(-c2ccc(N3CCN(c4ccc(OCC5COC(Cn6cncn6)(c6ccc(F)cc6F)O5)cc4)CC3)cc2)c1=O.CC(C)n1ncn(-c2ccc(N3CCN(c4ccc(OCC5COC(Cn6cncn6)(c6ccc(F)cc6F)O5)cc4)CC3)cc2)c1=O.CCC(C)n1ncn(-c2ccc(N3CCN(c4ccc(OCC5COC(Cn6nc7ccccc7n6)(c6ccc(F)cc6F)O5)cc4)CC3)cc2)c1=O. The summed E-state index contributed by atoms with van der Waals surface area (Å²) < 4.78 is 153. The highest BCUT2D eigenvalue weighted by Crippen LogP contribution is 2.43. The predicted octanol–water partition coefficient (Wildman–Crippen LogP) is 14.1. The third-order valence-corrected chi connectivity index (χ3v) is 27.3. The van der Waals surface area contributed by atoms with Crippen LogP contribution in [-0.2, 0) is 72.0 Å². The molecule has 6 aromatic heterocycles. The van der Waals surface area contributed by atoms with E-state index in [2.05, 4.69) is 113 Å². The van der Waals surface area contributed by atoms with Crippen molar-refractivity contribution in [3.8, 4) is 34.3 Å². The Morgan fingerprint density at radius 1 is 0.353 bits per heavy atom. The number of hydrogen-bond donors (Lipinski definition) is 0. The third-order valence-electron chi connectivity index (χ3n) is 27.3. The van der Waals surface area contributed by atoms with Crippen molar-refractivity contribution in [2.45, 2.75) is 122 Å². The number of hydrogen-bond acceptors (Lipinski definition) is 27. The van der Waals surface area contributed by atoms with Crippen LogP contribution in [0.5, 0.6) is 17.2 Å². The van der Waals surface area contributed by atoms with E-state index in [-0.39, 0.29) is 105 Å². The van der Waals surface area contributed by atoms with E-state index in [0.29, 0.717) is 40.7 Å². The van der Waals surface area contributed by atoms with E-state index in [1.54, 1.807) is 32.7 Å². The molecular formula is C108H114F6N24O12. The first kappa shape index (κ1) is 101. The summed E-state index contributed by atoms with van der Waals surface area (Å²) in [5, 5.41) is 30.0. The van der Waals surface area contributed by atoms with Crippen LogP contribution in [0.25, 0.3) is 28.1 Å². The van der Waals surface area contributed by atoms with Crippen molar-refractivity contribution in [1.29, 1.82) is 0 Å². The Morgan fingerprint density at radius 3 is 0.967 bits per heavy atom. The van der Waals surface area contributed by atoms with E-state index in [0.717, 1.165) is 154 Å². The maximum Gasteiger partial charge on any atom is 0.350 e. The van der Waals surface area contributed by atoms with Gasteiger partial charge in [0.05, 0.1) is 49.0 Å². The number of fused-ring (bicyclic) bond motifs is 1. The number of halogens is 6. The predicted molar refractivity (Wildman–Crippen MR) is 547 cm³/mol. The molecule has 22 rings (SSSR count). The summed E-state index contributed by atoms with van der Waals surface area (Å²) in [7, 11) is 0. The largest absolute Gasteiger partial charge is 0.491 e. The van der Waals surface area contributed by atoms with Crippen LogP contribution in [0.3, 0.4) is 0 Å². The lowest BCUT2D eigenvalue weighted by Gasteiger charge is -2.37. The van der Waals surface area contributed by atoms with Gasteiger partial charge in [0.2, 0.25) is 17.4 Å². The van der Waals surface area contributed by atoms with Crippen LogP contribution in [0, 0.1) is 40.8 Å². The van der Waals surface area contributed by atoms with E-state index in [4.69, 9.17) is 42.6 Å². The molecule has 7 atom stereocenters. The first-order valence-corrected chi connectivity index (χ1v) is 50.1. The summed E-state index contributed by atoms with van der Waals surface area (Å²) in [6.45, 7) is 23.8. The van der Waals surface area contributed by atoms with Gasteiger partial charge in [-0.1, -0.05) is 32.9 Å². The number of nitrogens with zero attached hydrogens (tertiary/aromatic N) is 24. The van der Waals surface area contributed by atoms with Crippen molar-refractivity contribution in [3.05, 3.63) is 352 Å². The summed E-state index contributed by atoms with van der Waals surface area (Å²) in [6.07, 6.45) is 9.72. The lowest BCUT2D eigenvalue weighted by Crippen LogP contribution is -2.46. The number of aromatic nitrogens is 18. The molecule has 7 unspecified atom stereocenters. The zero-order valence-electron chi connectivity index (χ0n) is 83.5. The van der Waals surface area contributed by atoms with Crippen molar-refractivity contribution in [3.63, 3.8) is 0 Å². The number of piperazine rings is 3. The lowest BCUT2D eigenvalue weighted by atomic mass is 10.0. The van der Waals surface area contributed by atoms with E-state index in [1.165, 1.54) is 89.9 Å². The number of benzene rings is 10. The zero-order chi connectivity index (χ0) is 104. The molecule has 42 heteroatoms. The van der Waals surface area contributed by atoms with Gasteiger partial charge in [-0.25, -0.2) is 87.8 Å². The van der Waals surface area contributed by atoms with Gasteiger partial charge >= 0.3 is 17.1 Å². The first-order valence-electron chi connectivity index (χ1n) is 50.1. The van der Waals surface area contributed by atoms with Crippen molar-refractivity contribution in [2.75, 3.05) is 148 Å². The third kappa shape index (κ3) is 22.8. The fourth-order valence-corrected chi connectivity index (χ4v) is 19.3. The van der Waals surface area contributed by atoms with Crippen LogP contribution in [0.4, 0.5) is 60.5 Å². The molecule has 0 bridgehead atoms. The minimum absolute atomic E-state index is 0.00105. The van der Waals surface area contributed by atoms with Gasteiger partial charge in [-0.2, -0.15) is 40.5 Å².